The number of β-amino-alcohol motifs (C(OH)–C–C–N with tert-alkyl or cyclic N) is 1. The molecule has 0 saturated carbocycles. The van der Waals surface area contributed by atoms with Crippen molar-refractivity contribution >= 4 is 17.4 Å². The van der Waals surface area contributed by atoms with Crippen molar-refractivity contribution in [3.05, 3.63) is 71.1 Å². The molecule has 6 nitrogen and oxygen atoms in total. The number of rotatable bonds is 4. The molecule has 1 saturated heterocycles. The number of carbonyl (C=O) groups excluding carboxylic acids is 2. The molecule has 2 heterocycles. The predicted molar refractivity (Wildman–Crippen MR) is 96.1 cm³/mol. The highest BCUT2D eigenvalue weighted by Crippen LogP contribution is 2.38. The fourth-order valence-electron chi connectivity index (χ4n) is 3.07. The van der Waals surface area contributed by atoms with E-state index in [0.29, 0.717) is 11.3 Å². The Balaban J connectivity index is 2.17. The minimum atomic E-state index is -0.841. The first-order valence-corrected chi connectivity index (χ1v) is 8.34. The van der Waals surface area contributed by atoms with Gasteiger partial charge in [0.1, 0.15) is 11.8 Å². The highest BCUT2D eigenvalue weighted by atomic mass is 16.3. The minimum Gasteiger partial charge on any atom is -0.507 e. The molecule has 0 aliphatic carbocycles. The van der Waals surface area contributed by atoms with Gasteiger partial charge in [-0.05, 0) is 26.0 Å². The van der Waals surface area contributed by atoms with Gasteiger partial charge >= 0.3 is 0 Å². The molecule has 1 aromatic heterocycles. The number of aryl methyl sites for hydroxylation is 1. The summed E-state index contributed by atoms with van der Waals surface area (Å²) < 4.78 is 0. The molecule has 6 heteroatoms. The van der Waals surface area contributed by atoms with E-state index in [1.807, 2.05) is 19.1 Å². The lowest BCUT2D eigenvalue weighted by Gasteiger charge is -2.25. The van der Waals surface area contributed by atoms with Crippen LogP contribution >= 0.6 is 0 Å². The zero-order chi connectivity index (χ0) is 18.8. The molecule has 26 heavy (non-hydrogen) atoms. The zero-order valence-electron chi connectivity index (χ0n) is 14.6. The summed E-state index contributed by atoms with van der Waals surface area (Å²) in [5.41, 5.74) is 1.91. The second-order valence-corrected chi connectivity index (χ2v) is 6.42. The van der Waals surface area contributed by atoms with Crippen molar-refractivity contribution in [2.45, 2.75) is 26.0 Å². The third kappa shape index (κ3) is 3.23. The van der Waals surface area contributed by atoms with Gasteiger partial charge in [0, 0.05) is 18.3 Å². The molecular weight excluding hydrogens is 332 g/mol. The maximum Gasteiger partial charge on any atom is 0.295 e. The summed E-state index contributed by atoms with van der Waals surface area (Å²) in [7, 11) is 0. The fourth-order valence-corrected chi connectivity index (χ4v) is 3.07. The number of carbonyl (C=O) groups is 2. The fraction of sp³-hybridized carbons (Fsp3) is 0.250. The van der Waals surface area contributed by atoms with Crippen LogP contribution in [-0.4, -0.2) is 44.4 Å². The Kier molecular flexibility index (Phi) is 4.86. The number of aliphatic hydroxyl groups excluding tert-OH is 2. The Morgan fingerprint density at radius 2 is 1.88 bits per heavy atom. The number of ketones is 1. The van der Waals surface area contributed by atoms with E-state index in [-0.39, 0.29) is 17.9 Å². The Morgan fingerprint density at radius 1 is 1.19 bits per heavy atom. The van der Waals surface area contributed by atoms with Crippen molar-refractivity contribution in [2.24, 2.45) is 0 Å². The van der Waals surface area contributed by atoms with E-state index in [0.717, 1.165) is 5.56 Å². The lowest BCUT2D eigenvalue weighted by Crippen LogP contribution is -2.35. The van der Waals surface area contributed by atoms with Crippen molar-refractivity contribution in [3.63, 3.8) is 0 Å². The van der Waals surface area contributed by atoms with Gasteiger partial charge in [0.15, 0.2) is 0 Å². The number of aliphatic hydroxyl groups is 2. The molecule has 2 N–H and O–H groups in total. The molecule has 1 amide bonds. The van der Waals surface area contributed by atoms with Gasteiger partial charge in [-0.25, -0.2) is 0 Å². The van der Waals surface area contributed by atoms with E-state index < -0.39 is 23.8 Å². The quantitative estimate of drug-likeness (QED) is 0.500. The first-order chi connectivity index (χ1) is 12.4. The number of hydrogen-bond acceptors (Lipinski definition) is 5. The van der Waals surface area contributed by atoms with Crippen molar-refractivity contribution in [1.82, 2.24) is 9.88 Å². The van der Waals surface area contributed by atoms with E-state index in [1.165, 1.54) is 11.8 Å². The van der Waals surface area contributed by atoms with Crippen molar-refractivity contribution < 1.29 is 19.8 Å². The van der Waals surface area contributed by atoms with Crippen LogP contribution in [0.15, 0.2) is 54.2 Å². The molecule has 1 fully saturated rings. The molecule has 0 bridgehead atoms. The molecular formula is C20H20N2O4. The van der Waals surface area contributed by atoms with Crippen LogP contribution in [0.25, 0.3) is 5.76 Å². The van der Waals surface area contributed by atoms with Crippen LogP contribution in [0.3, 0.4) is 0 Å². The Labute approximate surface area is 151 Å². The third-order valence-corrected chi connectivity index (χ3v) is 4.29. The number of Topliss-reactive ketones (excluding diaryl/α,β-unsaturated/α-hetero) is 1. The van der Waals surface area contributed by atoms with Gasteiger partial charge in [-0.2, -0.15) is 0 Å². The maximum atomic E-state index is 12.6. The number of hydrogen-bond donors (Lipinski definition) is 2. The molecule has 1 aliphatic heterocycles. The molecule has 0 spiro atoms. The van der Waals surface area contributed by atoms with E-state index in [1.54, 1.807) is 36.5 Å². The molecule has 2 atom stereocenters. The smallest absolute Gasteiger partial charge is 0.295 e. The van der Waals surface area contributed by atoms with Gasteiger partial charge < -0.3 is 15.1 Å². The molecule has 2 aromatic rings. The highest BCUT2D eigenvalue weighted by Gasteiger charge is 2.46. The third-order valence-electron chi connectivity index (χ3n) is 4.29. The van der Waals surface area contributed by atoms with Gasteiger partial charge in [-0.15, -0.1) is 0 Å². The summed E-state index contributed by atoms with van der Waals surface area (Å²) in [6.45, 7) is 3.42. The van der Waals surface area contributed by atoms with Crippen LogP contribution in [0.1, 0.15) is 29.8 Å². The summed E-state index contributed by atoms with van der Waals surface area (Å²) in [5.74, 6) is -1.78. The SMILES string of the molecule is Cc1ccc(C(O)=C2C(=O)C(=O)N(C[C@H](C)O)[C@@H]2c2ccccn2)cc1. The first-order valence-electron chi connectivity index (χ1n) is 8.34. The topological polar surface area (TPSA) is 90.7 Å². The van der Waals surface area contributed by atoms with Crippen molar-refractivity contribution in [1.29, 1.82) is 0 Å². The molecule has 0 radical (unpaired) electrons. The summed E-state index contributed by atoms with van der Waals surface area (Å²) in [6, 6.07) is 11.3. The van der Waals surface area contributed by atoms with Crippen LogP contribution in [0, 0.1) is 6.92 Å². The lowest BCUT2D eigenvalue weighted by atomic mass is 9.98. The van der Waals surface area contributed by atoms with Gasteiger partial charge in [0.2, 0.25) is 0 Å². The largest absolute Gasteiger partial charge is 0.507 e. The summed E-state index contributed by atoms with van der Waals surface area (Å²) >= 11 is 0. The van der Waals surface area contributed by atoms with Crippen molar-refractivity contribution in [3.8, 4) is 0 Å². The lowest BCUT2D eigenvalue weighted by molar-refractivity contribution is -0.140. The number of pyridine rings is 1. The van der Waals surface area contributed by atoms with Gasteiger partial charge in [0.05, 0.1) is 17.4 Å². The molecule has 1 aromatic carbocycles. The number of aromatic nitrogens is 1. The number of benzene rings is 1. The van der Waals surface area contributed by atoms with E-state index in [9.17, 15) is 19.8 Å². The van der Waals surface area contributed by atoms with Crippen LogP contribution in [0.4, 0.5) is 0 Å². The van der Waals surface area contributed by atoms with E-state index in [4.69, 9.17) is 0 Å². The minimum absolute atomic E-state index is 0.0156. The second-order valence-electron chi connectivity index (χ2n) is 6.42. The Morgan fingerprint density at radius 3 is 2.46 bits per heavy atom. The standard InChI is InChI=1S/C20H20N2O4/c1-12-6-8-14(9-7-12)18(24)16-17(15-5-3-4-10-21-15)22(11-13(2)23)20(26)19(16)25/h3-10,13,17,23-24H,11H2,1-2H3/t13-,17+/m0/s1. The number of amides is 1. The van der Waals surface area contributed by atoms with Gasteiger partial charge in [0.25, 0.3) is 11.7 Å². The van der Waals surface area contributed by atoms with Crippen molar-refractivity contribution in [2.75, 3.05) is 6.54 Å². The normalized spacial score (nSPS) is 20.4. The Hall–Kier alpha value is -2.99. The van der Waals surface area contributed by atoms with E-state index in [2.05, 4.69) is 4.98 Å². The number of likely N-dealkylation sites (tertiary alicyclic amines) is 1. The summed E-state index contributed by atoms with van der Waals surface area (Å²) in [4.78, 5) is 30.7. The number of nitrogens with zero attached hydrogens (tertiary/aromatic N) is 2. The van der Waals surface area contributed by atoms with Crippen LogP contribution in [-0.2, 0) is 9.59 Å². The van der Waals surface area contributed by atoms with Crippen LogP contribution in [0.2, 0.25) is 0 Å². The van der Waals surface area contributed by atoms with Crippen LogP contribution < -0.4 is 0 Å². The van der Waals surface area contributed by atoms with E-state index >= 15 is 0 Å². The first kappa shape index (κ1) is 17.8. The van der Waals surface area contributed by atoms with Gasteiger partial charge in [-0.3, -0.25) is 14.6 Å². The zero-order valence-corrected chi connectivity index (χ0v) is 14.6. The van der Waals surface area contributed by atoms with Crippen LogP contribution in [0.5, 0.6) is 0 Å². The van der Waals surface area contributed by atoms with Gasteiger partial charge in [-0.1, -0.05) is 35.9 Å². The monoisotopic (exact) mass is 352 g/mol. The maximum absolute atomic E-state index is 12.6. The second kappa shape index (κ2) is 7.09. The predicted octanol–water partition coefficient (Wildman–Crippen LogP) is 2.19. The summed E-state index contributed by atoms with van der Waals surface area (Å²) in [6.07, 6.45) is 0.739. The molecule has 0 unspecified atom stereocenters. The highest BCUT2D eigenvalue weighted by molar-refractivity contribution is 6.46. The molecule has 134 valence electrons. The average Bonchev–Trinajstić information content (AvgIpc) is 2.87. The Bertz CT molecular complexity index is 857. The molecule has 3 rings (SSSR count). The molecule has 1 aliphatic rings. The average molecular weight is 352 g/mol. The summed E-state index contributed by atoms with van der Waals surface area (Å²) in [5, 5.41) is 20.5.